The van der Waals surface area contributed by atoms with Crippen LogP contribution < -0.4 is 4.74 Å². The number of fused-ring (bicyclic) bond motifs is 1. The van der Waals surface area contributed by atoms with Crippen LogP contribution in [-0.4, -0.2) is 60.8 Å². The number of nitrogens with zero attached hydrogens (tertiary/aromatic N) is 3. The van der Waals surface area contributed by atoms with E-state index in [1.54, 1.807) is 35.4 Å². The number of amides is 1. The summed E-state index contributed by atoms with van der Waals surface area (Å²) >= 11 is 1.55. The number of aryl methyl sites for hydroxylation is 1. The number of carbonyl (C=O) groups is 1. The van der Waals surface area contributed by atoms with Crippen molar-refractivity contribution < 1.29 is 17.9 Å². The van der Waals surface area contributed by atoms with Gasteiger partial charge in [-0.2, -0.15) is 4.31 Å². The first-order chi connectivity index (χ1) is 15.7. The van der Waals surface area contributed by atoms with Crippen LogP contribution in [0.1, 0.15) is 42.6 Å². The number of likely N-dealkylation sites (tertiary alicyclic amines) is 1. The molecule has 1 aliphatic rings. The summed E-state index contributed by atoms with van der Waals surface area (Å²) in [4.78, 5) is 19.5. The van der Waals surface area contributed by atoms with E-state index in [9.17, 15) is 13.2 Å². The molecule has 0 N–H and O–H groups in total. The molecule has 2 aromatic carbocycles. The lowest BCUT2D eigenvalue weighted by atomic mass is 10.1. The number of hydrogen-bond donors (Lipinski definition) is 0. The predicted octanol–water partition coefficient (Wildman–Crippen LogP) is 4.32. The molecule has 1 amide bonds. The number of para-hydroxylation sites is 1. The third-order valence-electron chi connectivity index (χ3n) is 6.10. The summed E-state index contributed by atoms with van der Waals surface area (Å²) in [6, 6.07) is 12.2. The van der Waals surface area contributed by atoms with Gasteiger partial charge >= 0.3 is 0 Å². The number of benzene rings is 2. The lowest BCUT2D eigenvalue weighted by Crippen LogP contribution is -2.41. The minimum absolute atomic E-state index is 0.0222. The summed E-state index contributed by atoms with van der Waals surface area (Å²) in [5.74, 6) is -0.0924. The Labute approximate surface area is 199 Å². The normalized spacial score (nSPS) is 15.5. The van der Waals surface area contributed by atoms with Gasteiger partial charge in [-0.05, 0) is 56.7 Å². The molecule has 1 aromatic heterocycles. The highest BCUT2D eigenvalue weighted by Gasteiger charge is 2.27. The van der Waals surface area contributed by atoms with Gasteiger partial charge in [-0.25, -0.2) is 13.4 Å². The summed E-state index contributed by atoms with van der Waals surface area (Å²) in [7, 11) is -2.01. The maximum absolute atomic E-state index is 12.9. The lowest BCUT2D eigenvalue weighted by Gasteiger charge is -2.31. The second kappa shape index (κ2) is 9.40. The molecule has 0 aliphatic carbocycles. The molecular weight excluding hydrogens is 458 g/mol. The topological polar surface area (TPSA) is 79.8 Å². The van der Waals surface area contributed by atoms with E-state index in [1.807, 2.05) is 39.0 Å². The zero-order chi connectivity index (χ0) is 23.8. The number of sulfonamides is 1. The Balaban J connectivity index is 1.36. The van der Waals surface area contributed by atoms with E-state index in [1.165, 1.54) is 16.4 Å². The average Bonchev–Trinajstić information content (AvgIpc) is 3.22. The van der Waals surface area contributed by atoms with Crippen LogP contribution in [0.2, 0.25) is 0 Å². The molecule has 3 aromatic rings. The third-order valence-corrected chi connectivity index (χ3v) is 9.06. The minimum atomic E-state index is -3.57. The molecule has 0 saturated carbocycles. The van der Waals surface area contributed by atoms with Crippen molar-refractivity contribution in [2.75, 3.05) is 20.1 Å². The zero-order valence-corrected chi connectivity index (χ0v) is 20.9. The number of ether oxygens (including phenoxy) is 1. The SMILES string of the molecule is Cc1cccc2sc(OC3CCN(C(=O)c4ccc(S(=O)(=O)N(C)C(C)C)cc4)CC3)nc12. The lowest BCUT2D eigenvalue weighted by molar-refractivity contribution is 0.0595. The fourth-order valence-electron chi connectivity index (χ4n) is 3.83. The van der Waals surface area contributed by atoms with Gasteiger partial charge < -0.3 is 9.64 Å². The van der Waals surface area contributed by atoms with Crippen molar-refractivity contribution >= 4 is 37.5 Å². The Morgan fingerprint density at radius 3 is 2.42 bits per heavy atom. The summed E-state index contributed by atoms with van der Waals surface area (Å²) in [6.07, 6.45) is 1.48. The number of carbonyl (C=O) groups excluding carboxylic acids is 1. The second-order valence-electron chi connectivity index (χ2n) is 8.65. The van der Waals surface area contributed by atoms with Gasteiger partial charge in [0, 0.05) is 44.6 Å². The molecule has 1 fully saturated rings. The fraction of sp³-hybridized carbons (Fsp3) is 0.417. The van der Waals surface area contributed by atoms with Crippen LogP contribution >= 0.6 is 11.3 Å². The maximum Gasteiger partial charge on any atom is 0.274 e. The van der Waals surface area contributed by atoms with Crippen molar-refractivity contribution in [2.45, 2.75) is 50.7 Å². The molecule has 0 bridgehead atoms. The van der Waals surface area contributed by atoms with E-state index in [2.05, 4.69) is 4.98 Å². The Morgan fingerprint density at radius 1 is 1.15 bits per heavy atom. The molecule has 176 valence electrons. The smallest absolute Gasteiger partial charge is 0.274 e. The molecule has 0 atom stereocenters. The zero-order valence-electron chi connectivity index (χ0n) is 19.3. The highest BCUT2D eigenvalue weighted by atomic mass is 32.2. The molecule has 0 spiro atoms. The van der Waals surface area contributed by atoms with Gasteiger partial charge in [0.05, 0.1) is 15.1 Å². The summed E-state index contributed by atoms with van der Waals surface area (Å²) < 4.78 is 33.8. The summed E-state index contributed by atoms with van der Waals surface area (Å²) in [5.41, 5.74) is 2.60. The van der Waals surface area contributed by atoms with Crippen molar-refractivity contribution in [3.05, 3.63) is 53.6 Å². The number of piperidine rings is 1. The monoisotopic (exact) mass is 487 g/mol. The van der Waals surface area contributed by atoms with Crippen LogP contribution in [0.25, 0.3) is 10.2 Å². The van der Waals surface area contributed by atoms with Crippen molar-refractivity contribution in [1.82, 2.24) is 14.2 Å². The van der Waals surface area contributed by atoms with Crippen LogP contribution in [-0.2, 0) is 10.0 Å². The Bertz CT molecular complexity index is 1240. The Hall–Kier alpha value is -2.49. The molecular formula is C24H29N3O4S2. The number of aromatic nitrogens is 1. The van der Waals surface area contributed by atoms with Gasteiger partial charge in [0.15, 0.2) is 0 Å². The molecule has 0 unspecified atom stereocenters. The van der Waals surface area contributed by atoms with E-state index in [-0.39, 0.29) is 22.9 Å². The molecule has 4 rings (SSSR count). The largest absolute Gasteiger partial charge is 0.467 e. The third kappa shape index (κ3) is 4.90. The number of hydrogen-bond acceptors (Lipinski definition) is 6. The van der Waals surface area contributed by atoms with Gasteiger partial charge in [0.1, 0.15) is 6.10 Å². The molecule has 0 radical (unpaired) electrons. The van der Waals surface area contributed by atoms with Crippen molar-refractivity contribution in [3.8, 4) is 5.19 Å². The van der Waals surface area contributed by atoms with E-state index < -0.39 is 10.0 Å². The van der Waals surface area contributed by atoms with Gasteiger partial charge in [0.25, 0.3) is 11.1 Å². The van der Waals surface area contributed by atoms with Crippen molar-refractivity contribution in [2.24, 2.45) is 0 Å². The molecule has 7 nitrogen and oxygen atoms in total. The van der Waals surface area contributed by atoms with E-state index in [0.29, 0.717) is 23.8 Å². The summed E-state index contributed by atoms with van der Waals surface area (Å²) in [5, 5.41) is 0.673. The first-order valence-corrected chi connectivity index (χ1v) is 13.3. The molecule has 9 heteroatoms. The van der Waals surface area contributed by atoms with Crippen LogP contribution in [0.3, 0.4) is 0 Å². The van der Waals surface area contributed by atoms with Gasteiger partial charge in [-0.3, -0.25) is 4.79 Å². The van der Waals surface area contributed by atoms with Crippen LogP contribution in [0, 0.1) is 6.92 Å². The average molecular weight is 488 g/mol. The standard InChI is InChI=1S/C24H29N3O4S2/c1-16(2)26(4)33(29,30)20-10-8-18(9-11-20)23(28)27-14-12-19(13-15-27)31-24-25-22-17(3)6-5-7-21(22)32-24/h5-11,16,19H,12-15H2,1-4H3. The highest BCUT2D eigenvalue weighted by molar-refractivity contribution is 7.89. The molecule has 1 saturated heterocycles. The first-order valence-electron chi connectivity index (χ1n) is 11.1. The fourth-order valence-corrected chi connectivity index (χ4v) is 6.16. The number of thiazole rings is 1. The second-order valence-corrected chi connectivity index (χ2v) is 11.6. The van der Waals surface area contributed by atoms with E-state index in [4.69, 9.17) is 4.74 Å². The van der Waals surface area contributed by atoms with Gasteiger partial charge in [-0.15, -0.1) is 0 Å². The van der Waals surface area contributed by atoms with E-state index in [0.717, 1.165) is 28.6 Å². The quantitative estimate of drug-likeness (QED) is 0.517. The molecule has 33 heavy (non-hydrogen) atoms. The summed E-state index contributed by atoms with van der Waals surface area (Å²) in [6.45, 7) is 6.86. The van der Waals surface area contributed by atoms with E-state index >= 15 is 0 Å². The first kappa shape index (κ1) is 23.7. The van der Waals surface area contributed by atoms with Gasteiger partial charge in [-0.1, -0.05) is 23.5 Å². The maximum atomic E-state index is 12.9. The molecule has 1 aliphatic heterocycles. The minimum Gasteiger partial charge on any atom is -0.467 e. The molecule has 2 heterocycles. The van der Waals surface area contributed by atoms with Crippen LogP contribution in [0.4, 0.5) is 0 Å². The van der Waals surface area contributed by atoms with Crippen molar-refractivity contribution in [1.29, 1.82) is 0 Å². The van der Waals surface area contributed by atoms with Gasteiger partial charge in [0.2, 0.25) is 10.0 Å². The Kier molecular flexibility index (Phi) is 6.74. The number of rotatable bonds is 6. The van der Waals surface area contributed by atoms with Crippen molar-refractivity contribution in [3.63, 3.8) is 0 Å². The van der Waals surface area contributed by atoms with Crippen LogP contribution in [0.15, 0.2) is 47.4 Å². The van der Waals surface area contributed by atoms with Crippen LogP contribution in [0.5, 0.6) is 5.19 Å². The predicted molar refractivity (Wildman–Crippen MR) is 130 cm³/mol. The highest BCUT2D eigenvalue weighted by Crippen LogP contribution is 2.31. The Morgan fingerprint density at radius 2 is 1.82 bits per heavy atom.